The van der Waals surface area contributed by atoms with Gasteiger partial charge in [-0.15, -0.1) is 11.3 Å². The van der Waals surface area contributed by atoms with Gasteiger partial charge in [0.15, 0.2) is 0 Å². The lowest BCUT2D eigenvalue weighted by atomic mass is 10.1. The van der Waals surface area contributed by atoms with E-state index in [0.717, 1.165) is 22.1 Å². The molecule has 1 aliphatic rings. The van der Waals surface area contributed by atoms with Crippen LogP contribution in [0, 0.1) is 5.92 Å². The Morgan fingerprint density at radius 2 is 2.17 bits per heavy atom. The highest BCUT2D eigenvalue weighted by Crippen LogP contribution is 2.41. The molecule has 2 nitrogen and oxygen atoms in total. The predicted octanol–water partition coefficient (Wildman–Crippen LogP) is 4.02. The minimum absolute atomic E-state index is 0.0383. The normalized spacial score (nSPS) is 14.7. The van der Waals surface area contributed by atoms with E-state index in [1.165, 1.54) is 16.0 Å². The number of nitrogens with zero attached hydrogens (tertiary/aromatic N) is 1. The Labute approximate surface area is 116 Å². The summed E-state index contributed by atoms with van der Waals surface area (Å²) in [5, 5.41) is 1.85. The summed E-state index contributed by atoms with van der Waals surface area (Å²) in [6, 6.07) is 6.06. The molecule has 0 bridgehead atoms. The van der Waals surface area contributed by atoms with Crippen LogP contribution in [0.3, 0.4) is 0 Å². The monoisotopic (exact) mass is 278 g/mol. The van der Waals surface area contributed by atoms with Crippen LogP contribution in [0.5, 0.6) is 0 Å². The molecule has 0 radical (unpaired) electrons. The second kappa shape index (κ2) is 4.34. The molecule has 94 valence electrons. The third-order valence-electron chi connectivity index (χ3n) is 3.39. The van der Waals surface area contributed by atoms with Crippen LogP contribution in [0.4, 0.5) is 0 Å². The molecule has 1 aromatic carbocycles. The summed E-state index contributed by atoms with van der Waals surface area (Å²) in [5.74, 6) is 0.418. The highest BCUT2D eigenvalue weighted by atomic mass is 35.5. The maximum atomic E-state index is 6.17. The van der Waals surface area contributed by atoms with E-state index in [0.29, 0.717) is 5.92 Å². The summed E-state index contributed by atoms with van der Waals surface area (Å²) in [4.78, 5) is 6.05. The third-order valence-corrected chi connectivity index (χ3v) is 4.78. The molecular weight excluding hydrogens is 264 g/mol. The van der Waals surface area contributed by atoms with E-state index in [-0.39, 0.29) is 6.04 Å². The van der Waals surface area contributed by atoms with Gasteiger partial charge >= 0.3 is 0 Å². The van der Waals surface area contributed by atoms with Crippen molar-refractivity contribution < 1.29 is 0 Å². The maximum absolute atomic E-state index is 6.17. The average Bonchev–Trinajstić information content (AvgIpc) is 2.84. The van der Waals surface area contributed by atoms with Crippen LogP contribution in [-0.2, 0) is 6.42 Å². The number of hydrogen-bond donors (Lipinski definition) is 1. The predicted molar refractivity (Wildman–Crippen MR) is 77.1 cm³/mol. The molecule has 18 heavy (non-hydrogen) atoms. The van der Waals surface area contributed by atoms with Gasteiger partial charge in [0.2, 0.25) is 0 Å². The van der Waals surface area contributed by atoms with Crippen LogP contribution in [0.2, 0.25) is 5.02 Å². The molecule has 0 saturated carbocycles. The molecule has 2 N–H and O–H groups in total. The zero-order valence-electron chi connectivity index (χ0n) is 10.4. The van der Waals surface area contributed by atoms with Crippen LogP contribution < -0.4 is 5.73 Å². The molecule has 2 aromatic rings. The molecule has 1 heterocycles. The van der Waals surface area contributed by atoms with Gasteiger partial charge in [0.25, 0.3) is 0 Å². The molecule has 0 aliphatic heterocycles. The van der Waals surface area contributed by atoms with E-state index in [1.54, 1.807) is 11.3 Å². The fourth-order valence-corrected chi connectivity index (χ4v) is 3.71. The van der Waals surface area contributed by atoms with Crippen molar-refractivity contribution in [3.05, 3.63) is 38.7 Å². The van der Waals surface area contributed by atoms with Gasteiger partial charge in [-0.2, -0.15) is 0 Å². The smallest absolute Gasteiger partial charge is 0.111 e. The number of benzene rings is 1. The van der Waals surface area contributed by atoms with Gasteiger partial charge in [-0.3, -0.25) is 0 Å². The SMILES string of the molecule is CC(C)C(N)c1nc2c(s1)Cc1cc(Cl)ccc1-2. The molecule has 0 saturated heterocycles. The van der Waals surface area contributed by atoms with E-state index in [9.17, 15) is 0 Å². The Bertz CT molecular complexity index is 604. The summed E-state index contributed by atoms with van der Waals surface area (Å²) in [7, 11) is 0. The molecule has 1 atom stereocenters. The lowest BCUT2D eigenvalue weighted by Crippen LogP contribution is -2.16. The van der Waals surface area contributed by atoms with Gasteiger partial charge in [-0.05, 0) is 23.6 Å². The average molecular weight is 279 g/mol. The second-order valence-corrected chi connectivity index (χ2v) is 6.62. The van der Waals surface area contributed by atoms with Crippen molar-refractivity contribution in [2.75, 3.05) is 0 Å². The Hall–Kier alpha value is -0.900. The van der Waals surface area contributed by atoms with Crippen molar-refractivity contribution in [2.45, 2.75) is 26.3 Å². The summed E-state index contributed by atoms with van der Waals surface area (Å²) >= 11 is 7.76. The number of halogens is 1. The van der Waals surface area contributed by atoms with Crippen LogP contribution >= 0.6 is 22.9 Å². The van der Waals surface area contributed by atoms with E-state index in [1.807, 2.05) is 12.1 Å². The van der Waals surface area contributed by atoms with Crippen molar-refractivity contribution in [3.63, 3.8) is 0 Å². The quantitative estimate of drug-likeness (QED) is 0.769. The minimum atomic E-state index is 0.0383. The fourth-order valence-electron chi connectivity index (χ4n) is 2.24. The molecule has 4 heteroatoms. The number of aromatic nitrogens is 1. The zero-order chi connectivity index (χ0) is 12.9. The molecular formula is C14H15ClN2S. The molecule has 1 aromatic heterocycles. The first kappa shape index (κ1) is 12.2. The highest BCUT2D eigenvalue weighted by Gasteiger charge is 2.25. The number of fused-ring (bicyclic) bond motifs is 3. The van der Waals surface area contributed by atoms with Crippen molar-refractivity contribution in [1.29, 1.82) is 0 Å². The van der Waals surface area contributed by atoms with Gasteiger partial charge in [-0.1, -0.05) is 31.5 Å². The molecule has 1 aliphatic carbocycles. The van der Waals surface area contributed by atoms with E-state index in [4.69, 9.17) is 22.3 Å². The van der Waals surface area contributed by atoms with Gasteiger partial charge in [0, 0.05) is 21.9 Å². The number of hydrogen-bond acceptors (Lipinski definition) is 3. The molecule has 3 rings (SSSR count). The molecule has 0 amide bonds. The summed E-state index contributed by atoms with van der Waals surface area (Å²) in [6.45, 7) is 4.26. The maximum Gasteiger partial charge on any atom is 0.111 e. The van der Waals surface area contributed by atoms with Crippen molar-refractivity contribution in [2.24, 2.45) is 11.7 Å². The van der Waals surface area contributed by atoms with Crippen molar-refractivity contribution in [1.82, 2.24) is 4.98 Å². The van der Waals surface area contributed by atoms with Gasteiger partial charge < -0.3 is 5.73 Å². The Morgan fingerprint density at radius 3 is 2.89 bits per heavy atom. The Morgan fingerprint density at radius 1 is 1.39 bits per heavy atom. The molecule has 1 unspecified atom stereocenters. The van der Waals surface area contributed by atoms with Crippen molar-refractivity contribution in [3.8, 4) is 11.3 Å². The van der Waals surface area contributed by atoms with Gasteiger partial charge in [-0.25, -0.2) is 4.98 Å². The third kappa shape index (κ3) is 1.87. The Balaban J connectivity index is 2.03. The standard InChI is InChI=1S/C14H15ClN2S/c1-7(2)12(16)14-17-13-10-4-3-9(15)5-8(10)6-11(13)18-14/h3-5,7,12H,6,16H2,1-2H3. The summed E-state index contributed by atoms with van der Waals surface area (Å²) in [5.41, 5.74) is 9.77. The van der Waals surface area contributed by atoms with Crippen LogP contribution in [-0.4, -0.2) is 4.98 Å². The molecule has 0 spiro atoms. The topological polar surface area (TPSA) is 38.9 Å². The number of thiazole rings is 1. The van der Waals surface area contributed by atoms with E-state index < -0.39 is 0 Å². The van der Waals surface area contributed by atoms with Gasteiger partial charge in [0.05, 0.1) is 11.7 Å². The second-order valence-electron chi connectivity index (χ2n) is 5.07. The number of rotatable bonds is 2. The van der Waals surface area contributed by atoms with Crippen LogP contribution in [0.1, 0.15) is 35.3 Å². The lowest BCUT2D eigenvalue weighted by molar-refractivity contribution is 0.512. The Kier molecular flexibility index (Phi) is 2.93. The van der Waals surface area contributed by atoms with Gasteiger partial charge in [0.1, 0.15) is 5.01 Å². The fraction of sp³-hybridized carbons (Fsp3) is 0.357. The van der Waals surface area contributed by atoms with E-state index >= 15 is 0 Å². The van der Waals surface area contributed by atoms with Crippen LogP contribution in [0.25, 0.3) is 11.3 Å². The number of nitrogens with two attached hydrogens (primary N) is 1. The lowest BCUT2D eigenvalue weighted by Gasteiger charge is -2.12. The first-order valence-electron chi connectivity index (χ1n) is 6.10. The van der Waals surface area contributed by atoms with Crippen LogP contribution in [0.15, 0.2) is 18.2 Å². The summed E-state index contributed by atoms with van der Waals surface area (Å²) < 4.78 is 0. The zero-order valence-corrected chi connectivity index (χ0v) is 12.0. The van der Waals surface area contributed by atoms with Crippen molar-refractivity contribution >= 4 is 22.9 Å². The van der Waals surface area contributed by atoms with E-state index in [2.05, 4.69) is 19.9 Å². The summed E-state index contributed by atoms with van der Waals surface area (Å²) in [6.07, 6.45) is 0.938. The highest BCUT2D eigenvalue weighted by molar-refractivity contribution is 7.12. The molecule has 0 fully saturated rings. The largest absolute Gasteiger partial charge is 0.322 e. The first-order chi connectivity index (χ1) is 8.56. The minimum Gasteiger partial charge on any atom is -0.322 e. The first-order valence-corrected chi connectivity index (χ1v) is 7.29.